The summed E-state index contributed by atoms with van der Waals surface area (Å²) in [7, 11) is 0. The van der Waals surface area contributed by atoms with Crippen molar-refractivity contribution in [1.29, 1.82) is 0 Å². The van der Waals surface area contributed by atoms with Crippen LogP contribution >= 0.6 is 11.6 Å². The van der Waals surface area contributed by atoms with Gasteiger partial charge in [0.2, 0.25) is 0 Å². The van der Waals surface area contributed by atoms with Crippen molar-refractivity contribution in [3.05, 3.63) is 34.6 Å². The fourth-order valence-electron chi connectivity index (χ4n) is 2.52. The SMILES string of the molecule is CCCC1CNCCN1Cc1c(F)cccc1Cl. The summed E-state index contributed by atoms with van der Waals surface area (Å²) in [5.41, 5.74) is 0.627. The van der Waals surface area contributed by atoms with Crippen LogP contribution in [0.15, 0.2) is 18.2 Å². The van der Waals surface area contributed by atoms with Gasteiger partial charge >= 0.3 is 0 Å². The predicted molar refractivity (Wildman–Crippen MR) is 73.4 cm³/mol. The molecule has 2 nitrogen and oxygen atoms in total. The van der Waals surface area contributed by atoms with Crippen molar-refractivity contribution in [3.63, 3.8) is 0 Å². The summed E-state index contributed by atoms with van der Waals surface area (Å²) in [5.74, 6) is -0.198. The zero-order valence-corrected chi connectivity index (χ0v) is 11.5. The Morgan fingerprint density at radius 1 is 1.50 bits per heavy atom. The number of rotatable bonds is 4. The van der Waals surface area contributed by atoms with Gasteiger partial charge in [0.1, 0.15) is 5.82 Å². The molecule has 1 atom stereocenters. The van der Waals surface area contributed by atoms with E-state index in [-0.39, 0.29) is 5.82 Å². The van der Waals surface area contributed by atoms with E-state index in [0.29, 0.717) is 23.2 Å². The lowest BCUT2D eigenvalue weighted by Gasteiger charge is -2.36. The summed E-state index contributed by atoms with van der Waals surface area (Å²) >= 11 is 6.09. The van der Waals surface area contributed by atoms with E-state index >= 15 is 0 Å². The predicted octanol–water partition coefficient (Wildman–Crippen LogP) is 3.05. The topological polar surface area (TPSA) is 15.3 Å². The Morgan fingerprint density at radius 3 is 3.06 bits per heavy atom. The summed E-state index contributed by atoms with van der Waals surface area (Å²) in [6.07, 6.45) is 2.28. The first-order chi connectivity index (χ1) is 8.72. The van der Waals surface area contributed by atoms with Gasteiger partial charge < -0.3 is 5.32 Å². The molecule has 1 aliphatic rings. The van der Waals surface area contributed by atoms with Gasteiger partial charge in [0.05, 0.1) is 0 Å². The van der Waals surface area contributed by atoms with Crippen molar-refractivity contribution < 1.29 is 4.39 Å². The lowest BCUT2D eigenvalue weighted by Crippen LogP contribution is -2.50. The average Bonchev–Trinajstić information content (AvgIpc) is 2.36. The normalized spacial score (nSPS) is 21.2. The smallest absolute Gasteiger partial charge is 0.129 e. The summed E-state index contributed by atoms with van der Waals surface area (Å²) in [6.45, 7) is 5.70. The minimum atomic E-state index is -0.198. The van der Waals surface area contributed by atoms with E-state index in [1.807, 2.05) is 0 Å². The van der Waals surface area contributed by atoms with Gasteiger partial charge in [-0.1, -0.05) is 31.0 Å². The van der Waals surface area contributed by atoms with Crippen molar-refractivity contribution in [2.45, 2.75) is 32.4 Å². The lowest BCUT2D eigenvalue weighted by atomic mass is 10.1. The van der Waals surface area contributed by atoms with Crippen LogP contribution in [0.25, 0.3) is 0 Å². The summed E-state index contributed by atoms with van der Waals surface area (Å²) in [5, 5.41) is 3.93. The number of hydrogen-bond acceptors (Lipinski definition) is 2. The third-order valence-electron chi connectivity index (χ3n) is 3.52. The van der Waals surface area contributed by atoms with Crippen LogP contribution in [0.3, 0.4) is 0 Å². The average molecular weight is 271 g/mol. The number of hydrogen-bond donors (Lipinski definition) is 1. The van der Waals surface area contributed by atoms with Gasteiger partial charge in [-0.25, -0.2) is 4.39 Å². The van der Waals surface area contributed by atoms with E-state index in [9.17, 15) is 4.39 Å². The fraction of sp³-hybridized carbons (Fsp3) is 0.571. The van der Waals surface area contributed by atoms with Gasteiger partial charge in [-0.3, -0.25) is 4.90 Å². The van der Waals surface area contributed by atoms with Gasteiger partial charge in [-0.15, -0.1) is 0 Å². The molecule has 2 rings (SSSR count). The largest absolute Gasteiger partial charge is 0.314 e. The molecule has 18 heavy (non-hydrogen) atoms. The minimum Gasteiger partial charge on any atom is -0.314 e. The molecule has 100 valence electrons. The van der Waals surface area contributed by atoms with E-state index in [1.54, 1.807) is 12.1 Å². The molecule has 0 amide bonds. The van der Waals surface area contributed by atoms with Crippen LogP contribution in [-0.4, -0.2) is 30.6 Å². The van der Waals surface area contributed by atoms with Crippen molar-refractivity contribution in [2.75, 3.05) is 19.6 Å². The third-order valence-corrected chi connectivity index (χ3v) is 3.87. The van der Waals surface area contributed by atoms with Crippen molar-refractivity contribution >= 4 is 11.6 Å². The summed E-state index contributed by atoms with van der Waals surface area (Å²) < 4.78 is 13.8. The van der Waals surface area contributed by atoms with Crippen LogP contribution in [0.5, 0.6) is 0 Å². The molecule has 1 aromatic carbocycles. The van der Waals surface area contributed by atoms with Crippen LogP contribution in [0.2, 0.25) is 5.02 Å². The Kier molecular flexibility index (Phi) is 4.98. The maximum Gasteiger partial charge on any atom is 0.129 e. The molecule has 1 fully saturated rings. The van der Waals surface area contributed by atoms with Gasteiger partial charge in [0, 0.05) is 42.8 Å². The van der Waals surface area contributed by atoms with Crippen molar-refractivity contribution in [3.8, 4) is 0 Å². The lowest BCUT2D eigenvalue weighted by molar-refractivity contribution is 0.143. The Labute approximate surface area is 113 Å². The highest BCUT2D eigenvalue weighted by molar-refractivity contribution is 6.31. The highest BCUT2D eigenvalue weighted by Gasteiger charge is 2.23. The second kappa shape index (κ2) is 6.50. The molecule has 0 spiro atoms. The molecular formula is C14H20ClFN2. The Bertz CT molecular complexity index is 375. The van der Waals surface area contributed by atoms with E-state index in [4.69, 9.17) is 11.6 Å². The highest BCUT2D eigenvalue weighted by atomic mass is 35.5. The first-order valence-electron chi connectivity index (χ1n) is 6.60. The molecule has 4 heteroatoms. The molecule has 0 aromatic heterocycles. The van der Waals surface area contributed by atoms with E-state index in [1.165, 1.54) is 6.07 Å². The highest BCUT2D eigenvalue weighted by Crippen LogP contribution is 2.23. The Hall–Kier alpha value is -0.640. The third kappa shape index (κ3) is 3.22. The number of benzene rings is 1. The summed E-state index contributed by atoms with van der Waals surface area (Å²) in [4.78, 5) is 2.34. The molecular weight excluding hydrogens is 251 g/mol. The number of nitrogens with one attached hydrogen (secondary N) is 1. The van der Waals surface area contributed by atoms with Crippen LogP contribution in [0, 0.1) is 5.82 Å². The van der Waals surface area contributed by atoms with Crippen LogP contribution in [0.4, 0.5) is 4.39 Å². The monoisotopic (exact) mass is 270 g/mol. The van der Waals surface area contributed by atoms with E-state index in [0.717, 1.165) is 32.5 Å². The van der Waals surface area contributed by atoms with E-state index < -0.39 is 0 Å². The standard InChI is InChI=1S/C14H20ClFN2/c1-2-4-11-9-17-7-8-18(11)10-12-13(15)5-3-6-14(12)16/h3,5-6,11,17H,2,4,7-10H2,1H3. The molecule has 1 aliphatic heterocycles. The van der Waals surface area contributed by atoms with Crippen LogP contribution < -0.4 is 5.32 Å². The molecule has 1 heterocycles. The quantitative estimate of drug-likeness (QED) is 0.905. The number of nitrogens with zero attached hydrogens (tertiary/aromatic N) is 1. The van der Waals surface area contributed by atoms with E-state index in [2.05, 4.69) is 17.1 Å². The zero-order valence-electron chi connectivity index (χ0n) is 10.8. The minimum absolute atomic E-state index is 0.198. The maximum atomic E-state index is 13.8. The molecule has 0 saturated carbocycles. The van der Waals surface area contributed by atoms with Gasteiger partial charge in [-0.05, 0) is 18.6 Å². The first-order valence-corrected chi connectivity index (χ1v) is 6.97. The molecule has 0 bridgehead atoms. The second-order valence-corrected chi connectivity index (χ2v) is 5.22. The number of piperazine rings is 1. The molecule has 1 aromatic rings. The van der Waals surface area contributed by atoms with Gasteiger partial charge in [0.15, 0.2) is 0 Å². The van der Waals surface area contributed by atoms with Gasteiger partial charge in [-0.2, -0.15) is 0 Å². The summed E-state index contributed by atoms with van der Waals surface area (Å²) in [6, 6.07) is 5.39. The second-order valence-electron chi connectivity index (χ2n) is 4.82. The first kappa shape index (κ1) is 13.8. The Morgan fingerprint density at radius 2 is 2.33 bits per heavy atom. The zero-order chi connectivity index (χ0) is 13.0. The molecule has 1 N–H and O–H groups in total. The molecule has 0 aliphatic carbocycles. The molecule has 1 unspecified atom stereocenters. The Balaban J connectivity index is 2.11. The van der Waals surface area contributed by atoms with Crippen molar-refractivity contribution in [1.82, 2.24) is 10.2 Å². The van der Waals surface area contributed by atoms with Crippen LogP contribution in [0.1, 0.15) is 25.3 Å². The van der Waals surface area contributed by atoms with Crippen molar-refractivity contribution in [2.24, 2.45) is 0 Å². The molecule has 0 radical (unpaired) electrons. The fourth-order valence-corrected chi connectivity index (χ4v) is 2.74. The number of halogens is 2. The van der Waals surface area contributed by atoms with Gasteiger partial charge in [0.25, 0.3) is 0 Å². The maximum absolute atomic E-state index is 13.8. The molecule has 1 saturated heterocycles. The van der Waals surface area contributed by atoms with Crippen LogP contribution in [-0.2, 0) is 6.54 Å².